The van der Waals surface area contributed by atoms with Crippen molar-refractivity contribution in [3.63, 3.8) is 0 Å². The van der Waals surface area contributed by atoms with Crippen LogP contribution in [-0.4, -0.2) is 36.8 Å². The zero-order chi connectivity index (χ0) is 9.31. The summed E-state index contributed by atoms with van der Waals surface area (Å²) >= 11 is 0. The highest BCUT2D eigenvalue weighted by molar-refractivity contribution is 5.83. The summed E-state index contributed by atoms with van der Waals surface area (Å²) in [5.41, 5.74) is -0.275. The Bertz CT molecular complexity index is 212. The highest BCUT2D eigenvalue weighted by atomic mass is 16.3. The number of carbonyl (C=O) groups excluding carboxylic acids is 1. The normalized spacial score (nSPS) is 33.0. The smallest absolute Gasteiger partial charge is 0.226 e. The summed E-state index contributed by atoms with van der Waals surface area (Å²) in [5.74, 6) is 0.138. The van der Waals surface area contributed by atoms with Gasteiger partial charge in [-0.15, -0.1) is 0 Å². The molecule has 0 radical (unpaired) electrons. The van der Waals surface area contributed by atoms with E-state index >= 15 is 0 Å². The third-order valence-corrected chi connectivity index (χ3v) is 3.17. The van der Waals surface area contributed by atoms with E-state index in [1.54, 1.807) is 0 Å². The van der Waals surface area contributed by atoms with Crippen LogP contribution >= 0.6 is 0 Å². The van der Waals surface area contributed by atoms with Crippen LogP contribution in [0.25, 0.3) is 0 Å². The van der Waals surface area contributed by atoms with Gasteiger partial charge in [-0.2, -0.15) is 0 Å². The number of aliphatic hydroxyl groups is 1. The van der Waals surface area contributed by atoms with Gasteiger partial charge in [-0.3, -0.25) is 4.79 Å². The Morgan fingerprint density at radius 2 is 2.08 bits per heavy atom. The number of hydrogen-bond donors (Lipinski definition) is 3. The van der Waals surface area contributed by atoms with Crippen LogP contribution in [0.2, 0.25) is 0 Å². The van der Waals surface area contributed by atoms with E-state index in [4.69, 9.17) is 0 Å². The molecular weight excluding hydrogens is 168 g/mol. The van der Waals surface area contributed by atoms with Gasteiger partial charge in [-0.05, 0) is 32.4 Å². The number of β-amino-alcohol motifs (C(OH)–C–C–N with tert-alkyl or cyclic N) is 1. The Morgan fingerprint density at radius 1 is 1.38 bits per heavy atom. The summed E-state index contributed by atoms with van der Waals surface area (Å²) in [5, 5.41) is 15.5. The van der Waals surface area contributed by atoms with Gasteiger partial charge < -0.3 is 15.7 Å². The van der Waals surface area contributed by atoms with Crippen LogP contribution in [0.1, 0.15) is 19.3 Å². The molecule has 0 unspecified atom stereocenters. The van der Waals surface area contributed by atoms with Crippen molar-refractivity contribution in [2.24, 2.45) is 5.41 Å². The summed E-state index contributed by atoms with van der Waals surface area (Å²) in [6, 6.07) is 0. The molecule has 1 spiro atoms. The van der Waals surface area contributed by atoms with E-state index in [1.807, 2.05) is 0 Å². The quantitative estimate of drug-likeness (QED) is 0.463. The van der Waals surface area contributed by atoms with Crippen LogP contribution in [0, 0.1) is 5.41 Å². The molecule has 3 N–H and O–H groups in total. The lowest BCUT2D eigenvalue weighted by atomic mass is 9.72. The molecule has 1 amide bonds. The van der Waals surface area contributed by atoms with E-state index in [9.17, 15) is 9.90 Å². The monoisotopic (exact) mass is 184 g/mol. The van der Waals surface area contributed by atoms with Gasteiger partial charge in [0, 0.05) is 6.54 Å². The van der Waals surface area contributed by atoms with Gasteiger partial charge in [0.25, 0.3) is 0 Å². The van der Waals surface area contributed by atoms with E-state index in [0.717, 1.165) is 25.9 Å². The first kappa shape index (κ1) is 8.97. The maximum absolute atomic E-state index is 11.7. The fourth-order valence-electron chi connectivity index (χ4n) is 2.35. The van der Waals surface area contributed by atoms with Crippen LogP contribution in [-0.2, 0) is 4.79 Å². The number of rotatable bonds is 0. The molecule has 0 saturated carbocycles. The molecule has 4 heteroatoms. The van der Waals surface area contributed by atoms with Crippen LogP contribution in [0.3, 0.4) is 0 Å². The van der Waals surface area contributed by atoms with Gasteiger partial charge in [-0.25, -0.2) is 0 Å². The van der Waals surface area contributed by atoms with Gasteiger partial charge in [0.1, 0.15) is 0 Å². The number of nitrogens with one attached hydrogen (secondary N) is 2. The Hall–Kier alpha value is -0.610. The topological polar surface area (TPSA) is 61.4 Å². The van der Waals surface area contributed by atoms with Gasteiger partial charge in [-0.1, -0.05) is 0 Å². The minimum absolute atomic E-state index is 0.138. The third kappa shape index (κ3) is 1.56. The lowest BCUT2D eigenvalue weighted by Crippen LogP contribution is -2.55. The fraction of sp³-hybridized carbons (Fsp3) is 0.889. The summed E-state index contributed by atoms with van der Waals surface area (Å²) in [7, 11) is 0. The number of hydrogen-bond acceptors (Lipinski definition) is 3. The Balaban J connectivity index is 2.11. The van der Waals surface area contributed by atoms with Crippen LogP contribution < -0.4 is 10.6 Å². The van der Waals surface area contributed by atoms with Crippen LogP contribution in [0.5, 0.6) is 0 Å². The van der Waals surface area contributed by atoms with E-state index in [-0.39, 0.29) is 17.4 Å². The lowest BCUT2D eigenvalue weighted by molar-refractivity contribution is -0.139. The first-order chi connectivity index (χ1) is 6.23. The molecular formula is C9H16N2O2. The van der Waals surface area contributed by atoms with Crippen molar-refractivity contribution in [1.29, 1.82) is 0 Å². The van der Waals surface area contributed by atoms with Gasteiger partial charge in [0.15, 0.2) is 0 Å². The van der Waals surface area contributed by atoms with E-state index in [2.05, 4.69) is 10.6 Å². The largest absolute Gasteiger partial charge is 0.391 e. The zero-order valence-electron chi connectivity index (χ0n) is 7.68. The second-order valence-corrected chi connectivity index (χ2v) is 4.10. The maximum Gasteiger partial charge on any atom is 0.226 e. The van der Waals surface area contributed by atoms with Crippen molar-refractivity contribution in [2.45, 2.75) is 25.4 Å². The minimum atomic E-state index is -0.351. The van der Waals surface area contributed by atoms with Crippen molar-refractivity contribution in [3.05, 3.63) is 0 Å². The molecule has 0 bridgehead atoms. The molecule has 0 aliphatic carbocycles. The zero-order valence-corrected chi connectivity index (χ0v) is 7.68. The van der Waals surface area contributed by atoms with Crippen molar-refractivity contribution < 1.29 is 9.90 Å². The first-order valence-corrected chi connectivity index (χ1v) is 4.90. The molecule has 0 aromatic carbocycles. The molecule has 2 rings (SSSR count). The summed E-state index contributed by atoms with van der Waals surface area (Å²) < 4.78 is 0. The average Bonchev–Trinajstić information content (AvgIpc) is 2.14. The Kier molecular flexibility index (Phi) is 2.26. The molecule has 0 aromatic heterocycles. The Labute approximate surface area is 77.7 Å². The number of piperidine rings is 2. The predicted molar refractivity (Wildman–Crippen MR) is 48.2 cm³/mol. The minimum Gasteiger partial charge on any atom is -0.391 e. The van der Waals surface area contributed by atoms with E-state index < -0.39 is 0 Å². The highest BCUT2D eigenvalue weighted by Gasteiger charge is 2.43. The summed E-state index contributed by atoms with van der Waals surface area (Å²) in [4.78, 5) is 11.7. The second kappa shape index (κ2) is 3.27. The SMILES string of the molecule is O=C1NC[C@H](O)CC12CCNCC2. The predicted octanol–water partition coefficient (Wildman–Crippen LogP) is -0.763. The molecule has 2 saturated heterocycles. The number of amides is 1. The molecule has 13 heavy (non-hydrogen) atoms. The van der Waals surface area contributed by atoms with Crippen molar-refractivity contribution in [1.82, 2.24) is 10.6 Å². The highest BCUT2D eigenvalue weighted by Crippen LogP contribution is 2.36. The van der Waals surface area contributed by atoms with Gasteiger partial charge in [0.2, 0.25) is 5.91 Å². The van der Waals surface area contributed by atoms with Gasteiger partial charge >= 0.3 is 0 Å². The molecule has 2 aliphatic heterocycles. The number of aliphatic hydroxyl groups excluding tert-OH is 1. The fourth-order valence-corrected chi connectivity index (χ4v) is 2.35. The van der Waals surface area contributed by atoms with E-state index in [1.165, 1.54) is 0 Å². The first-order valence-electron chi connectivity index (χ1n) is 4.90. The molecule has 1 atom stereocenters. The summed E-state index contributed by atoms with van der Waals surface area (Å²) in [6.45, 7) is 2.20. The summed E-state index contributed by atoms with van der Waals surface area (Å²) in [6.07, 6.45) is 2.00. The molecule has 4 nitrogen and oxygen atoms in total. The molecule has 2 aliphatic rings. The maximum atomic E-state index is 11.7. The average molecular weight is 184 g/mol. The Morgan fingerprint density at radius 3 is 2.77 bits per heavy atom. The van der Waals surface area contributed by atoms with Crippen molar-refractivity contribution >= 4 is 5.91 Å². The molecule has 0 aromatic rings. The van der Waals surface area contributed by atoms with Crippen LogP contribution in [0.15, 0.2) is 0 Å². The van der Waals surface area contributed by atoms with Crippen molar-refractivity contribution in [3.8, 4) is 0 Å². The van der Waals surface area contributed by atoms with Crippen molar-refractivity contribution in [2.75, 3.05) is 19.6 Å². The molecule has 2 heterocycles. The third-order valence-electron chi connectivity index (χ3n) is 3.17. The molecule has 74 valence electrons. The van der Waals surface area contributed by atoms with E-state index in [0.29, 0.717) is 13.0 Å². The number of carbonyl (C=O) groups is 1. The second-order valence-electron chi connectivity index (χ2n) is 4.10. The standard InChI is InChI=1S/C9H16N2O2/c12-7-5-9(8(13)11-6-7)1-3-10-4-2-9/h7,10,12H,1-6H2,(H,11,13)/t7-/m1/s1. The van der Waals surface area contributed by atoms with Gasteiger partial charge in [0.05, 0.1) is 11.5 Å². The molecule has 2 fully saturated rings. The lowest BCUT2D eigenvalue weighted by Gasteiger charge is -2.41. The van der Waals surface area contributed by atoms with Crippen LogP contribution in [0.4, 0.5) is 0 Å².